The molecule has 0 N–H and O–H groups in total. The maximum atomic E-state index is 4.97. The smallest absolute Gasteiger partial charge is 0.0880 e. The quantitative estimate of drug-likeness (QED) is 0.182. The Morgan fingerprint density at radius 2 is 1.16 bits per heavy atom. The summed E-state index contributed by atoms with van der Waals surface area (Å²) < 4.78 is 7.73. The SMILES string of the molecule is c1ccc2c(c1)sc1c(-c3ccc4c(c3)c3ccc5sc6cccc7c8ccccc8c8ccccc8n4c3c5c67)nccc12. The maximum absolute atomic E-state index is 4.97. The van der Waals surface area contributed by atoms with Gasteiger partial charge in [0.25, 0.3) is 0 Å². The molecule has 11 rings (SSSR count). The van der Waals surface area contributed by atoms with Gasteiger partial charge in [0.1, 0.15) is 0 Å². The molecular weight excluding hydrogens is 585 g/mol. The van der Waals surface area contributed by atoms with E-state index >= 15 is 0 Å². The van der Waals surface area contributed by atoms with Gasteiger partial charge in [-0.3, -0.25) is 4.98 Å². The highest BCUT2D eigenvalue weighted by Crippen LogP contribution is 2.47. The van der Waals surface area contributed by atoms with Crippen molar-refractivity contribution in [2.45, 2.75) is 0 Å². The van der Waals surface area contributed by atoms with Crippen LogP contribution in [0.25, 0.3) is 100 Å². The van der Waals surface area contributed by atoms with E-state index in [-0.39, 0.29) is 0 Å². The topological polar surface area (TPSA) is 17.3 Å². The van der Waals surface area contributed by atoms with Crippen molar-refractivity contribution in [3.05, 3.63) is 134 Å². The van der Waals surface area contributed by atoms with E-state index in [2.05, 4.69) is 132 Å². The number of benzene rings is 6. The molecule has 208 valence electrons. The first-order chi connectivity index (χ1) is 22.3. The predicted molar refractivity (Wildman–Crippen MR) is 196 cm³/mol. The minimum Gasteiger partial charge on any atom is -0.308 e. The van der Waals surface area contributed by atoms with Gasteiger partial charge in [-0.1, -0.05) is 84.9 Å². The number of thiophene rings is 2. The molecule has 6 aromatic carbocycles. The molecule has 0 aliphatic heterocycles. The average Bonchev–Trinajstić information content (AvgIpc) is 3.77. The highest BCUT2D eigenvalue weighted by Gasteiger charge is 2.20. The van der Waals surface area contributed by atoms with Crippen molar-refractivity contribution in [2.75, 3.05) is 0 Å². The third kappa shape index (κ3) is 3.10. The van der Waals surface area contributed by atoms with Crippen LogP contribution in [0, 0.1) is 0 Å². The molecule has 0 amide bonds. The van der Waals surface area contributed by atoms with Gasteiger partial charge in [0.05, 0.1) is 26.9 Å². The fraction of sp³-hybridized carbons (Fsp3) is 0. The second kappa shape index (κ2) is 8.66. The van der Waals surface area contributed by atoms with Crippen molar-refractivity contribution in [1.82, 2.24) is 9.38 Å². The second-order valence-electron chi connectivity index (χ2n) is 11.9. The van der Waals surface area contributed by atoms with Crippen LogP contribution in [0.1, 0.15) is 0 Å². The zero-order valence-electron chi connectivity index (χ0n) is 23.9. The summed E-state index contributed by atoms with van der Waals surface area (Å²) in [6.07, 6.45) is 1.96. The summed E-state index contributed by atoms with van der Waals surface area (Å²) >= 11 is 3.73. The standard InChI is InChI=1S/C41H22N2S2/c1-2-9-25-24(8-1)26-10-3-5-13-32(26)43-33-18-16-23(39-41-30(20-21-42-39)27-11-4-6-14-34(27)45-41)22-31(33)29-17-19-36-38(40(29)43)37-28(25)12-7-15-35(37)44-36/h1-22H. The van der Waals surface area contributed by atoms with Gasteiger partial charge in [-0.2, -0.15) is 0 Å². The van der Waals surface area contributed by atoms with Crippen molar-refractivity contribution in [1.29, 1.82) is 0 Å². The molecule has 4 heteroatoms. The minimum atomic E-state index is 1.05. The molecule has 0 fully saturated rings. The summed E-state index contributed by atoms with van der Waals surface area (Å²) in [4.78, 5) is 4.97. The lowest BCUT2D eigenvalue weighted by Gasteiger charge is -2.06. The van der Waals surface area contributed by atoms with Gasteiger partial charge < -0.3 is 4.40 Å². The lowest BCUT2D eigenvalue weighted by Crippen LogP contribution is -1.87. The Morgan fingerprint density at radius 3 is 2.07 bits per heavy atom. The highest BCUT2D eigenvalue weighted by atomic mass is 32.1. The summed E-state index contributed by atoms with van der Waals surface area (Å²) in [5.74, 6) is 0. The normalized spacial score (nSPS) is 12.4. The largest absolute Gasteiger partial charge is 0.308 e. The molecule has 45 heavy (non-hydrogen) atoms. The Balaban J connectivity index is 1.38. The maximum Gasteiger partial charge on any atom is 0.0880 e. The first-order valence-electron chi connectivity index (χ1n) is 15.2. The van der Waals surface area contributed by atoms with E-state index in [0.717, 1.165) is 11.3 Å². The Labute approximate surface area is 265 Å². The monoisotopic (exact) mass is 606 g/mol. The van der Waals surface area contributed by atoms with Crippen LogP contribution in [0.5, 0.6) is 0 Å². The second-order valence-corrected chi connectivity index (χ2v) is 14.0. The number of nitrogens with zero attached hydrogens (tertiary/aromatic N) is 2. The van der Waals surface area contributed by atoms with E-state index in [1.165, 1.54) is 89.2 Å². The number of hydrogen-bond donors (Lipinski definition) is 0. The number of aromatic nitrogens is 2. The Hall–Kier alpha value is -5.29. The van der Waals surface area contributed by atoms with E-state index in [0.29, 0.717) is 0 Å². The highest BCUT2D eigenvalue weighted by molar-refractivity contribution is 7.26. The molecule has 0 aliphatic rings. The Bertz CT molecular complexity index is 3030. The molecule has 5 aromatic heterocycles. The molecular formula is C41H22N2S2. The van der Waals surface area contributed by atoms with Crippen LogP contribution in [-0.2, 0) is 0 Å². The van der Waals surface area contributed by atoms with Gasteiger partial charge in [0.2, 0.25) is 0 Å². The van der Waals surface area contributed by atoms with Crippen LogP contribution in [0.3, 0.4) is 0 Å². The molecule has 0 saturated heterocycles. The van der Waals surface area contributed by atoms with E-state index in [1.807, 2.05) is 28.9 Å². The van der Waals surface area contributed by atoms with Gasteiger partial charge in [-0.05, 0) is 58.6 Å². The molecule has 0 aliphatic carbocycles. The molecule has 0 atom stereocenters. The van der Waals surface area contributed by atoms with Gasteiger partial charge in [-0.15, -0.1) is 22.7 Å². The third-order valence-corrected chi connectivity index (χ3v) is 11.9. The lowest BCUT2D eigenvalue weighted by molar-refractivity contribution is 1.35. The molecule has 0 radical (unpaired) electrons. The van der Waals surface area contributed by atoms with Crippen LogP contribution in [0.2, 0.25) is 0 Å². The van der Waals surface area contributed by atoms with E-state index < -0.39 is 0 Å². The van der Waals surface area contributed by atoms with Crippen LogP contribution >= 0.6 is 22.7 Å². The fourth-order valence-electron chi connectivity index (χ4n) is 7.74. The number of fused-ring (bicyclic) bond motifs is 11. The summed E-state index contributed by atoms with van der Waals surface area (Å²) in [6.45, 7) is 0. The summed E-state index contributed by atoms with van der Waals surface area (Å²) in [5, 5.41) is 12.9. The predicted octanol–water partition coefficient (Wildman–Crippen LogP) is 12.3. The van der Waals surface area contributed by atoms with Gasteiger partial charge in [0.15, 0.2) is 0 Å². The Kier molecular flexibility index (Phi) is 4.64. The lowest BCUT2D eigenvalue weighted by atomic mass is 10.0. The van der Waals surface area contributed by atoms with E-state index in [9.17, 15) is 0 Å². The van der Waals surface area contributed by atoms with Crippen molar-refractivity contribution < 1.29 is 0 Å². The van der Waals surface area contributed by atoms with Crippen molar-refractivity contribution >= 4 is 112 Å². The summed E-state index contributed by atoms with van der Waals surface area (Å²) in [6, 6.07) is 47.1. The molecule has 11 aromatic rings. The summed E-state index contributed by atoms with van der Waals surface area (Å²) in [5.41, 5.74) is 5.92. The van der Waals surface area contributed by atoms with Crippen LogP contribution in [0.4, 0.5) is 0 Å². The Morgan fingerprint density at radius 1 is 0.444 bits per heavy atom. The molecule has 0 spiro atoms. The van der Waals surface area contributed by atoms with Crippen molar-refractivity contribution in [3.8, 4) is 11.3 Å². The average molecular weight is 607 g/mol. The third-order valence-electron chi connectivity index (χ3n) is 9.61. The molecule has 2 nitrogen and oxygen atoms in total. The first-order valence-corrected chi connectivity index (χ1v) is 16.8. The van der Waals surface area contributed by atoms with Crippen LogP contribution < -0.4 is 0 Å². The molecule has 5 heterocycles. The fourth-order valence-corrected chi connectivity index (χ4v) is 10.1. The molecule has 0 bridgehead atoms. The van der Waals surface area contributed by atoms with Gasteiger partial charge in [-0.25, -0.2) is 0 Å². The zero-order chi connectivity index (χ0) is 29.2. The number of para-hydroxylation sites is 1. The molecule has 0 saturated carbocycles. The van der Waals surface area contributed by atoms with Gasteiger partial charge in [0, 0.05) is 63.6 Å². The van der Waals surface area contributed by atoms with Crippen molar-refractivity contribution in [2.24, 2.45) is 0 Å². The zero-order valence-corrected chi connectivity index (χ0v) is 25.5. The number of rotatable bonds is 1. The number of hydrogen-bond acceptors (Lipinski definition) is 3. The van der Waals surface area contributed by atoms with E-state index in [1.54, 1.807) is 0 Å². The van der Waals surface area contributed by atoms with Crippen molar-refractivity contribution in [3.63, 3.8) is 0 Å². The summed E-state index contributed by atoms with van der Waals surface area (Å²) in [7, 11) is 0. The van der Waals surface area contributed by atoms with Crippen LogP contribution in [0.15, 0.2) is 134 Å². The van der Waals surface area contributed by atoms with E-state index in [4.69, 9.17) is 4.98 Å². The minimum absolute atomic E-state index is 1.05. The van der Waals surface area contributed by atoms with Gasteiger partial charge >= 0.3 is 0 Å². The molecule has 0 unspecified atom stereocenters. The van der Waals surface area contributed by atoms with Crippen LogP contribution in [-0.4, -0.2) is 9.38 Å². The number of pyridine rings is 1. The first kappa shape index (κ1) is 24.1.